The van der Waals surface area contributed by atoms with E-state index in [4.69, 9.17) is 5.73 Å². The molecular weight excluding hydrogens is 297 g/mol. The number of nitrogens with two attached hydrogens (primary N) is 1. The van der Waals surface area contributed by atoms with Gasteiger partial charge in [0.2, 0.25) is 5.91 Å². The van der Waals surface area contributed by atoms with Crippen LogP contribution in [0.4, 0.5) is 15.8 Å². The molecule has 1 amide bonds. The summed E-state index contributed by atoms with van der Waals surface area (Å²) in [7, 11) is 0. The molecule has 0 aliphatic carbocycles. The van der Waals surface area contributed by atoms with Crippen molar-refractivity contribution in [3.8, 4) is 0 Å². The van der Waals surface area contributed by atoms with E-state index in [1.807, 2.05) is 18.7 Å². The van der Waals surface area contributed by atoms with Gasteiger partial charge in [0.15, 0.2) is 5.82 Å². The molecule has 1 saturated heterocycles. The Morgan fingerprint density at radius 2 is 2.35 bits per heavy atom. The number of fused-ring (bicyclic) bond motifs is 1. The van der Waals surface area contributed by atoms with Gasteiger partial charge >= 0.3 is 0 Å². The van der Waals surface area contributed by atoms with Crippen LogP contribution in [0.15, 0.2) is 12.4 Å². The third-order valence-electron chi connectivity index (χ3n) is 4.19. The molecule has 0 radical (unpaired) electrons. The summed E-state index contributed by atoms with van der Waals surface area (Å²) in [5, 5.41) is 3.45. The molecule has 1 atom stereocenters. The molecular formula is C16H22FN5O. The Bertz CT molecular complexity index is 727. The van der Waals surface area contributed by atoms with E-state index in [1.54, 1.807) is 6.20 Å². The van der Waals surface area contributed by atoms with Gasteiger partial charge in [-0.3, -0.25) is 4.79 Å². The summed E-state index contributed by atoms with van der Waals surface area (Å²) < 4.78 is 14.5. The van der Waals surface area contributed by atoms with Crippen LogP contribution in [0.2, 0.25) is 0 Å². The van der Waals surface area contributed by atoms with E-state index in [0.29, 0.717) is 29.0 Å². The van der Waals surface area contributed by atoms with Gasteiger partial charge in [-0.05, 0) is 12.8 Å². The lowest BCUT2D eigenvalue weighted by Gasteiger charge is -2.33. The number of nitrogens with one attached hydrogen (secondary N) is 2. The standard InChI is InChI=1S/C16H22FN5O/c1-9(2)16(23)21-12-7-20-15-13(12)14(11(17)6-19-15)22-5-3-4-10(18)8-22/h6-7,9-10H,3-5,8,18H2,1-2H3,(H,19,20)(H,21,23)/t10-/m1/s1. The van der Waals surface area contributed by atoms with Crippen molar-refractivity contribution in [3.05, 3.63) is 18.2 Å². The van der Waals surface area contributed by atoms with Crippen molar-refractivity contribution < 1.29 is 9.18 Å². The number of aromatic amines is 1. The molecule has 0 aromatic carbocycles. The molecule has 1 fully saturated rings. The predicted octanol–water partition coefficient (Wildman–Crippen LogP) is 2.22. The Labute approximate surface area is 134 Å². The number of nitrogens with zero attached hydrogens (tertiary/aromatic N) is 2. The van der Waals surface area contributed by atoms with E-state index in [9.17, 15) is 9.18 Å². The van der Waals surface area contributed by atoms with Gasteiger partial charge in [-0.1, -0.05) is 13.8 Å². The number of anilines is 2. The molecule has 2 aromatic heterocycles. The van der Waals surface area contributed by atoms with Crippen molar-refractivity contribution >= 4 is 28.3 Å². The molecule has 0 unspecified atom stereocenters. The first kappa shape index (κ1) is 15.7. The topological polar surface area (TPSA) is 87.0 Å². The number of piperidine rings is 1. The lowest BCUT2D eigenvalue weighted by Crippen LogP contribution is -2.43. The fourth-order valence-electron chi connectivity index (χ4n) is 2.95. The van der Waals surface area contributed by atoms with E-state index in [2.05, 4.69) is 15.3 Å². The van der Waals surface area contributed by atoms with Crippen LogP contribution in [-0.2, 0) is 4.79 Å². The zero-order chi connectivity index (χ0) is 16.6. The molecule has 0 bridgehead atoms. The first-order valence-corrected chi connectivity index (χ1v) is 7.94. The van der Waals surface area contributed by atoms with Gasteiger partial charge in [-0.2, -0.15) is 0 Å². The number of amides is 1. The molecule has 23 heavy (non-hydrogen) atoms. The van der Waals surface area contributed by atoms with Gasteiger partial charge in [0.25, 0.3) is 0 Å². The Morgan fingerprint density at radius 3 is 3.04 bits per heavy atom. The number of H-pyrrole nitrogens is 1. The van der Waals surface area contributed by atoms with Crippen molar-refractivity contribution in [2.75, 3.05) is 23.3 Å². The van der Waals surface area contributed by atoms with Gasteiger partial charge in [0.1, 0.15) is 5.65 Å². The third-order valence-corrected chi connectivity index (χ3v) is 4.19. The molecule has 0 spiro atoms. The normalized spacial score (nSPS) is 18.7. The maximum Gasteiger partial charge on any atom is 0.226 e. The van der Waals surface area contributed by atoms with Crippen LogP contribution >= 0.6 is 0 Å². The summed E-state index contributed by atoms with van der Waals surface area (Å²) in [4.78, 5) is 21.0. The summed E-state index contributed by atoms with van der Waals surface area (Å²) in [5.41, 5.74) is 7.61. The highest BCUT2D eigenvalue weighted by atomic mass is 19.1. The number of aromatic nitrogens is 2. The Kier molecular flexibility index (Phi) is 4.21. The molecule has 7 heteroatoms. The van der Waals surface area contributed by atoms with Crippen molar-refractivity contribution in [2.45, 2.75) is 32.7 Å². The zero-order valence-electron chi connectivity index (χ0n) is 13.4. The Hall–Kier alpha value is -2.15. The highest BCUT2D eigenvalue weighted by Gasteiger charge is 2.25. The second-order valence-electron chi connectivity index (χ2n) is 6.37. The van der Waals surface area contributed by atoms with E-state index < -0.39 is 5.82 Å². The third kappa shape index (κ3) is 3.01. The molecule has 0 saturated carbocycles. The van der Waals surface area contributed by atoms with Crippen molar-refractivity contribution in [1.82, 2.24) is 9.97 Å². The largest absolute Gasteiger partial charge is 0.367 e. The van der Waals surface area contributed by atoms with Gasteiger partial charge in [0.05, 0.1) is 23.0 Å². The fraction of sp³-hybridized carbons (Fsp3) is 0.500. The maximum atomic E-state index is 14.5. The summed E-state index contributed by atoms with van der Waals surface area (Å²) in [6, 6.07) is 0.0269. The minimum atomic E-state index is -0.397. The van der Waals surface area contributed by atoms with E-state index in [-0.39, 0.29) is 17.9 Å². The van der Waals surface area contributed by atoms with Crippen molar-refractivity contribution in [3.63, 3.8) is 0 Å². The average Bonchev–Trinajstić information content (AvgIpc) is 2.90. The van der Waals surface area contributed by atoms with Crippen LogP contribution in [0, 0.1) is 11.7 Å². The fourth-order valence-corrected chi connectivity index (χ4v) is 2.95. The van der Waals surface area contributed by atoms with Crippen LogP contribution in [0.1, 0.15) is 26.7 Å². The summed E-state index contributed by atoms with van der Waals surface area (Å²) >= 11 is 0. The SMILES string of the molecule is CC(C)C(=O)Nc1c[nH]c2ncc(F)c(N3CCC[C@@H](N)C3)c12. The minimum Gasteiger partial charge on any atom is -0.367 e. The molecule has 3 rings (SSSR count). The second-order valence-corrected chi connectivity index (χ2v) is 6.37. The molecule has 1 aliphatic rings. The number of carbonyl (C=O) groups excluding carboxylic acids is 1. The van der Waals surface area contributed by atoms with Gasteiger partial charge in [-0.15, -0.1) is 0 Å². The number of hydrogen-bond donors (Lipinski definition) is 3. The van der Waals surface area contributed by atoms with Crippen molar-refractivity contribution in [1.29, 1.82) is 0 Å². The van der Waals surface area contributed by atoms with Crippen LogP contribution in [-0.4, -0.2) is 35.0 Å². The van der Waals surface area contributed by atoms with Gasteiger partial charge in [-0.25, -0.2) is 9.37 Å². The van der Waals surface area contributed by atoms with Crippen LogP contribution in [0.5, 0.6) is 0 Å². The number of rotatable bonds is 3. The zero-order valence-corrected chi connectivity index (χ0v) is 13.4. The van der Waals surface area contributed by atoms with Crippen LogP contribution < -0.4 is 16.0 Å². The molecule has 3 heterocycles. The van der Waals surface area contributed by atoms with Crippen LogP contribution in [0.25, 0.3) is 11.0 Å². The quantitative estimate of drug-likeness (QED) is 0.809. The number of carbonyl (C=O) groups is 1. The number of hydrogen-bond acceptors (Lipinski definition) is 4. The van der Waals surface area contributed by atoms with E-state index >= 15 is 0 Å². The lowest BCUT2D eigenvalue weighted by atomic mass is 10.0. The summed E-state index contributed by atoms with van der Waals surface area (Å²) in [5.74, 6) is -0.670. The highest BCUT2D eigenvalue weighted by molar-refractivity contribution is 6.06. The first-order valence-electron chi connectivity index (χ1n) is 7.94. The Balaban J connectivity index is 2.06. The monoisotopic (exact) mass is 319 g/mol. The Morgan fingerprint density at radius 1 is 1.57 bits per heavy atom. The molecule has 2 aromatic rings. The second kappa shape index (κ2) is 6.16. The predicted molar refractivity (Wildman–Crippen MR) is 88.9 cm³/mol. The number of halogens is 1. The summed E-state index contributed by atoms with van der Waals surface area (Å²) in [6.07, 6.45) is 4.73. The molecule has 1 aliphatic heterocycles. The smallest absolute Gasteiger partial charge is 0.226 e. The maximum absolute atomic E-state index is 14.5. The van der Waals surface area contributed by atoms with Crippen molar-refractivity contribution in [2.24, 2.45) is 11.7 Å². The van der Waals surface area contributed by atoms with Gasteiger partial charge in [0, 0.05) is 31.2 Å². The lowest BCUT2D eigenvalue weighted by molar-refractivity contribution is -0.118. The molecule has 6 nitrogen and oxygen atoms in total. The highest BCUT2D eigenvalue weighted by Crippen LogP contribution is 2.35. The first-order chi connectivity index (χ1) is 11.0. The van der Waals surface area contributed by atoms with Gasteiger partial charge < -0.3 is 20.9 Å². The number of pyridine rings is 1. The average molecular weight is 319 g/mol. The molecule has 4 N–H and O–H groups in total. The van der Waals surface area contributed by atoms with Crippen LogP contribution in [0.3, 0.4) is 0 Å². The molecule has 124 valence electrons. The summed E-state index contributed by atoms with van der Waals surface area (Å²) in [6.45, 7) is 4.96. The minimum absolute atomic E-state index is 0.0269. The van der Waals surface area contributed by atoms with E-state index in [0.717, 1.165) is 19.4 Å². The van der Waals surface area contributed by atoms with E-state index in [1.165, 1.54) is 6.20 Å².